The summed E-state index contributed by atoms with van der Waals surface area (Å²) < 4.78 is 1.93. The van der Waals surface area contributed by atoms with Gasteiger partial charge in [0.2, 0.25) is 0 Å². The van der Waals surface area contributed by atoms with Crippen LogP contribution in [0.3, 0.4) is 0 Å². The molecule has 3 heteroatoms. The van der Waals surface area contributed by atoms with Crippen molar-refractivity contribution in [3.8, 4) is 5.69 Å². The second-order valence-electron chi connectivity index (χ2n) is 5.29. The fourth-order valence-corrected chi connectivity index (χ4v) is 2.94. The third kappa shape index (κ3) is 1.74. The predicted octanol–water partition coefficient (Wildman–Crippen LogP) is 4.19. The normalized spacial score (nSPS) is 11.3. The Labute approximate surface area is 122 Å². The first-order chi connectivity index (χ1) is 10.3. The van der Waals surface area contributed by atoms with Crippen molar-refractivity contribution in [3.63, 3.8) is 0 Å². The van der Waals surface area contributed by atoms with Gasteiger partial charge in [-0.25, -0.2) is 9.67 Å². The lowest BCUT2D eigenvalue weighted by atomic mass is 10.1. The lowest BCUT2D eigenvalue weighted by Crippen LogP contribution is -1.98. The molecule has 0 radical (unpaired) electrons. The average Bonchev–Trinajstić information content (AvgIpc) is 2.86. The summed E-state index contributed by atoms with van der Waals surface area (Å²) in [6.45, 7) is 4.20. The van der Waals surface area contributed by atoms with Crippen molar-refractivity contribution in [2.75, 3.05) is 0 Å². The van der Waals surface area contributed by atoms with Gasteiger partial charge in [0.25, 0.3) is 0 Å². The van der Waals surface area contributed by atoms with E-state index >= 15 is 0 Å². The van der Waals surface area contributed by atoms with Crippen LogP contribution in [0.15, 0.2) is 54.6 Å². The Balaban J connectivity index is 2.16. The number of benzene rings is 2. The number of para-hydroxylation sites is 2. The highest BCUT2D eigenvalue weighted by Gasteiger charge is 2.14. The minimum Gasteiger partial charge on any atom is -0.228 e. The maximum Gasteiger partial charge on any atom is 0.164 e. The van der Waals surface area contributed by atoms with Crippen LogP contribution in [0.5, 0.6) is 0 Å². The Morgan fingerprint density at radius 2 is 1.57 bits per heavy atom. The van der Waals surface area contributed by atoms with Gasteiger partial charge < -0.3 is 0 Å². The van der Waals surface area contributed by atoms with Gasteiger partial charge in [0.15, 0.2) is 5.65 Å². The summed E-state index contributed by atoms with van der Waals surface area (Å²) in [6, 6.07) is 18.4. The van der Waals surface area contributed by atoms with Gasteiger partial charge in [0, 0.05) is 10.8 Å². The highest BCUT2D eigenvalue weighted by molar-refractivity contribution is 5.97. The third-order valence-electron chi connectivity index (χ3n) is 3.95. The Morgan fingerprint density at radius 3 is 2.38 bits per heavy atom. The molecule has 21 heavy (non-hydrogen) atoms. The molecule has 0 amide bonds. The number of pyridine rings is 1. The third-order valence-corrected chi connectivity index (χ3v) is 3.95. The minimum atomic E-state index is 0.926. The first-order valence-corrected chi connectivity index (χ1v) is 7.06. The number of fused-ring (bicyclic) bond motifs is 2. The van der Waals surface area contributed by atoms with Crippen LogP contribution in [0.4, 0.5) is 0 Å². The van der Waals surface area contributed by atoms with Crippen LogP contribution in [0, 0.1) is 13.8 Å². The van der Waals surface area contributed by atoms with E-state index in [9.17, 15) is 0 Å². The maximum atomic E-state index is 4.84. The second kappa shape index (κ2) is 4.42. The van der Waals surface area contributed by atoms with E-state index in [2.05, 4.69) is 37.3 Å². The van der Waals surface area contributed by atoms with Crippen LogP contribution >= 0.6 is 0 Å². The summed E-state index contributed by atoms with van der Waals surface area (Å²) in [4.78, 5) is 4.84. The van der Waals surface area contributed by atoms with Gasteiger partial charge in [0.1, 0.15) is 0 Å². The molecule has 102 valence electrons. The van der Waals surface area contributed by atoms with Gasteiger partial charge >= 0.3 is 0 Å². The molecule has 2 aromatic carbocycles. The summed E-state index contributed by atoms with van der Waals surface area (Å²) in [5.74, 6) is 0. The van der Waals surface area contributed by atoms with Crippen LogP contribution in [0.1, 0.15) is 11.3 Å². The summed E-state index contributed by atoms with van der Waals surface area (Å²) in [5.41, 5.74) is 5.24. The second-order valence-corrected chi connectivity index (χ2v) is 5.29. The zero-order valence-electron chi connectivity index (χ0n) is 12.0. The van der Waals surface area contributed by atoms with E-state index < -0.39 is 0 Å². The Bertz CT molecular complexity index is 952. The van der Waals surface area contributed by atoms with E-state index in [1.807, 2.05) is 35.9 Å². The van der Waals surface area contributed by atoms with Gasteiger partial charge in [-0.1, -0.05) is 36.4 Å². The Morgan fingerprint density at radius 1 is 0.857 bits per heavy atom. The topological polar surface area (TPSA) is 30.7 Å². The molecule has 2 aromatic heterocycles. The molecule has 3 nitrogen and oxygen atoms in total. The standard InChI is InChI=1S/C18H15N3/c1-12-15-10-6-7-11-16(15)19-18-17(12)13(2)20-21(18)14-8-4-3-5-9-14/h3-11H,1-2H3. The number of hydrogen-bond donors (Lipinski definition) is 0. The Hall–Kier alpha value is -2.68. The van der Waals surface area contributed by atoms with Crippen molar-refractivity contribution in [2.24, 2.45) is 0 Å². The van der Waals surface area contributed by atoms with Crippen molar-refractivity contribution in [2.45, 2.75) is 13.8 Å². The first-order valence-electron chi connectivity index (χ1n) is 7.06. The van der Waals surface area contributed by atoms with Gasteiger partial charge in [-0.15, -0.1) is 0 Å². The van der Waals surface area contributed by atoms with Crippen LogP contribution < -0.4 is 0 Å². The van der Waals surface area contributed by atoms with E-state index in [0.717, 1.165) is 27.9 Å². The van der Waals surface area contributed by atoms with Gasteiger partial charge in [0.05, 0.1) is 16.9 Å². The highest BCUT2D eigenvalue weighted by atomic mass is 15.3. The molecule has 0 saturated heterocycles. The first kappa shape index (κ1) is 12.1. The average molecular weight is 273 g/mol. The molecule has 0 atom stereocenters. The number of aryl methyl sites for hydroxylation is 2. The summed E-state index contributed by atoms with van der Waals surface area (Å²) >= 11 is 0. The summed E-state index contributed by atoms with van der Waals surface area (Å²) in [6.07, 6.45) is 0. The molecule has 4 rings (SSSR count). The molecule has 0 aliphatic heterocycles. The molecule has 0 N–H and O–H groups in total. The molecule has 0 bridgehead atoms. The maximum absolute atomic E-state index is 4.84. The number of rotatable bonds is 1. The molecule has 2 heterocycles. The monoisotopic (exact) mass is 273 g/mol. The number of hydrogen-bond acceptors (Lipinski definition) is 2. The zero-order valence-corrected chi connectivity index (χ0v) is 12.0. The van der Waals surface area contributed by atoms with E-state index in [4.69, 9.17) is 10.1 Å². The highest BCUT2D eigenvalue weighted by Crippen LogP contribution is 2.28. The SMILES string of the molecule is Cc1nn(-c2ccccc2)c2nc3ccccc3c(C)c12. The molecule has 4 aromatic rings. The molecule has 0 unspecified atom stereocenters. The van der Waals surface area contributed by atoms with E-state index in [-0.39, 0.29) is 0 Å². The van der Waals surface area contributed by atoms with Crippen molar-refractivity contribution < 1.29 is 0 Å². The van der Waals surface area contributed by atoms with Gasteiger partial charge in [-0.2, -0.15) is 5.10 Å². The van der Waals surface area contributed by atoms with Crippen molar-refractivity contribution in [3.05, 3.63) is 65.9 Å². The summed E-state index contributed by atoms with van der Waals surface area (Å²) in [5, 5.41) is 7.04. The van der Waals surface area contributed by atoms with Gasteiger partial charge in [-0.3, -0.25) is 0 Å². The number of nitrogens with zero attached hydrogens (tertiary/aromatic N) is 3. The fourth-order valence-electron chi connectivity index (χ4n) is 2.94. The van der Waals surface area contributed by atoms with Crippen LogP contribution in [-0.4, -0.2) is 14.8 Å². The molecule has 0 spiro atoms. The van der Waals surface area contributed by atoms with E-state index in [0.29, 0.717) is 0 Å². The van der Waals surface area contributed by atoms with Crippen molar-refractivity contribution in [1.29, 1.82) is 0 Å². The summed E-state index contributed by atoms with van der Waals surface area (Å²) in [7, 11) is 0. The fraction of sp³-hybridized carbons (Fsp3) is 0.111. The van der Waals surface area contributed by atoms with Crippen molar-refractivity contribution >= 4 is 21.9 Å². The number of aromatic nitrogens is 3. The molecular weight excluding hydrogens is 258 g/mol. The van der Waals surface area contributed by atoms with Crippen LogP contribution in [0.25, 0.3) is 27.6 Å². The van der Waals surface area contributed by atoms with Gasteiger partial charge in [-0.05, 0) is 37.6 Å². The predicted molar refractivity (Wildman–Crippen MR) is 85.8 cm³/mol. The smallest absolute Gasteiger partial charge is 0.164 e. The molecule has 0 aliphatic rings. The zero-order chi connectivity index (χ0) is 14.4. The van der Waals surface area contributed by atoms with Crippen LogP contribution in [0.2, 0.25) is 0 Å². The lowest BCUT2D eigenvalue weighted by molar-refractivity contribution is 0.879. The lowest BCUT2D eigenvalue weighted by Gasteiger charge is -2.06. The van der Waals surface area contributed by atoms with Crippen LogP contribution in [-0.2, 0) is 0 Å². The Kier molecular flexibility index (Phi) is 2.54. The molecule has 0 fully saturated rings. The van der Waals surface area contributed by atoms with Crippen molar-refractivity contribution in [1.82, 2.24) is 14.8 Å². The molecular formula is C18H15N3. The molecule has 0 saturated carbocycles. The largest absolute Gasteiger partial charge is 0.228 e. The minimum absolute atomic E-state index is 0.926. The quantitative estimate of drug-likeness (QED) is 0.520. The van der Waals surface area contributed by atoms with E-state index in [1.165, 1.54) is 10.9 Å². The molecule has 0 aliphatic carbocycles. The van der Waals surface area contributed by atoms with E-state index in [1.54, 1.807) is 0 Å².